The fraction of sp³-hybridized carbons (Fsp3) is 0.611. The smallest absolute Gasteiger partial charge is 0.256 e. The van der Waals surface area contributed by atoms with E-state index in [4.69, 9.17) is 0 Å². The molecule has 0 aromatic carbocycles. The monoisotopic (exact) mass is 310 g/mol. The summed E-state index contributed by atoms with van der Waals surface area (Å²) < 4.78 is 1.65. The molecule has 0 aliphatic heterocycles. The molecule has 4 aliphatic carbocycles. The SMILES string of the molecule is O=C(NCC12CC3CC(CC(C3)C1)C2)c1cnn2cccnc12. The Morgan fingerprint density at radius 2 is 1.91 bits per heavy atom. The molecule has 2 aromatic rings. The summed E-state index contributed by atoms with van der Waals surface area (Å²) in [6.07, 6.45) is 13.4. The van der Waals surface area contributed by atoms with Crippen LogP contribution in [0.2, 0.25) is 0 Å². The van der Waals surface area contributed by atoms with Gasteiger partial charge in [0.15, 0.2) is 5.65 Å². The summed E-state index contributed by atoms with van der Waals surface area (Å²) in [6.45, 7) is 0.819. The lowest BCUT2D eigenvalue weighted by molar-refractivity contribution is -0.0503. The van der Waals surface area contributed by atoms with E-state index >= 15 is 0 Å². The van der Waals surface area contributed by atoms with E-state index in [1.165, 1.54) is 38.5 Å². The predicted octanol–water partition coefficient (Wildman–Crippen LogP) is 2.68. The molecule has 0 unspecified atom stereocenters. The van der Waals surface area contributed by atoms with Crippen LogP contribution in [-0.2, 0) is 0 Å². The maximum absolute atomic E-state index is 12.6. The number of fused-ring (bicyclic) bond motifs is 1. The van der Waals surface area contributed by atoms with Gasteiger partial charge in [0.1, 0.15) is 5.56 Å². The Morgan fingerprint density at radius 1 is 1.22 bits per heavy atom. The first kappa shape index (κ1) is 13.5. The summed E-state index contributed by atoms with van der Waals surface area (Å²) >= 11 is 0. The van der Waals surface area contributed by atoms with E-state index in [0.717, 1.165) is 24.3 Å². The number of nitrogens with zero attached hydrogens (tertiary/aromatic N) is 3. The third-order valence-corrected chi connectivity index (χ3v) is 6.31. The summed E-state index contributed by atoms with van der Waals surface area (Å²) in [4.78, 5) is 16.9. The number of carbonyl (C=O) groups is 1. The van der Waals surface area contributed by atoms with E-state index in [0.29, 0.717) is 16.6 Å². The fourth-order valence-electron chi connectivity index (χ4n) is 5.86. The van der Waals surface area contributed by atoms with E-state index in [1.54, 1.807) is 16.9 Å². The molecule has 1 N–H and O–H groups in total. The molecule has 0 spiro atoms. The highest BCUT2D eigenvalue weighted by Gasteiger charge is 2.50. The Kier molecular flexibility index (Phi) is 2.82. The third kappa shape index (κ3) is 2.17. The first-order valence-electron chi connectivity index (χ1n) is 8.77. The molecule has 4 aliphatic rings. The van der Waals surface area contributed by atoms with Crippen molar-refractivity contribution in [2.75, 3.05) is 6.54 Å². The van der Waals surface area contributed by atoms with Crippen LogP contribution in [-0.4, -0.2) is 27.0 Å². The van der Waals surface area contributed by atoms with Gasteiger partial charge in [0, 0.05) is 18.9 Å². The molecule has 5 nitrogen and oxygen atoms in total. The second-order valence-electron chi connectivity index (χ2n) is 8.05. The second kappa shape index (κ2) is 4.79. The van der Waals surface area contributed by atoms with Gasteiger partial charge in [-0.1, -0.05) is 0 Å². The highest BCUT2D eigenvalue weighted by Crippen LogP contribution is 2.59. The standard InChI is InChI=1S/C18H22N4O/c23-17(15-10-21-22-3-1-2-19-16(15)22)20-11-18-7-12-4-13(8-18)6-14(5-12)9-18/h1-3,10,12-14H,4-9,11H2,(H,20,23). The third-order valence-electron chi connectivity index (χ3n) is 6.31. The van der Waals surface area contributed by atoms with Gasteiger partial charge in [-0.05, 0) is 67.8 Å². The van der Waals surface area contributed by atoms with Gasteiger partial charge < -0.3 is 5.32 Å². The summed E-state index contributed by atoms with van der Waals surface area (Å²) in [5, 5.41) is 7.41. The van der Waals surface area contributed by atoms with Crippen LogP contribution in [0.15, 0.2) is 24.7 Å². The number of carbonyl (C=O) groups excluding carboxylic acids is 1. The zero-order chi connectivity index (χ0) is 15.4. The van der Waals surface area contributed by atoms with Gasteiger partial charge in [-0.3, -0.25) is 4.79 Å². The maximum atomic E-state index is 12.6. The Bertz CT molecular complexity index is 730. The topological polar surface area (TPSA) is 59.3 Å². The van der Waals surface area contributed by atoms with Crippen molar-refractivity contribution in [3.63, 3.8) is 0 Å². The number of rotatable bonds is 3. The fourth-order valence-corrected chi connectivity index (χ4v) is 5.86. The summed E-state index contributed by atoms with van der Waals surface area (Å²) in [7, 11) is 0. The number of nitrogens with one attached hydrogen (secondary N) is 1. The highest BCUT2D eigenvalue weighted by molar-refractivity contribution is 5.99. The van der Waals surface area contributed by atoms with Crippen LogP contribution in [0, 0.1) is 23.2 Å². The van der Waals surface area contributed by atoms with Gasteiger partial charge in [-0.2, -0.15) is 5.10 Å². The zero-order valence-electron chi connectivity index (χ0n) is 13.2. The number of hydrogen-bond acceptors (Lipinski definition) is 3. The Balaban J connectivity index is 1.33. The van der Waals surface area contributed by atoms with Crippen LogP contribution in [0.3, 0.4) is 0 Å². The van der Waals surface area contributed by atoms with Gasteiger partial charge in [-0.25, -0.2) is 9.50 Å². The predicted molar refractivity (Wildman–Crippen MR) is 85.9 cm³/mol. The minimum absolute atomic E-state index is 0.0329. The van der Waals surface area contributed by atoms with Crippen molar-refractivity contribution in [3.8, 4) is 0 Å². The maximum Gasteiger partial charge on any atom is 0.256 e. The van der Waals surface area contributed by atoms with Crippen LogP contribution < -0.4 is 5.32 Å². The lowest BCUT2D eigenvalue weighted by Crippen LogP contribution is -2.51. The molecule has 6 rings (SSSR count). The lowest BCUT2D eigenvalue weighted by atomic mass is 9.49. The molecule has 0 radical (unpaired) electrons. The van der Waals surface area contributed by atoms with Crippen LogP contribution in [0.4, 0.5) is 0 Å². The van der Waals surface area contributed by atoms with Crippen molar-refractivity contribution in [1.29, 1.82) is 0 Å². The van der Waals surface area contributed by atoms with Crippen LogP contribution >= 0.6 is 0 Å². The van der Waals surface area contributed by atoms with Gasteiger partial charge in [-0.15, -0.1) is 0 Å². The molecule has 4 fully saturated rings. The van der Waals surface area contributed by atoms with Crippen molar-refractivity contribution in [1.82, 2.24) is 19.9 Å². The largest absolute Gasteiger partial charge is 0.351 e. The average Bonchev–Trinajstić information content (AvgIpc) is 2.95. The molecular weight excluding hydrogens is 288 g/mol. The Morgan fingerprint density at radius 3 is 2.61 bits per heavy atom. The summed E-state index contributed by atoms with van der Waals surface area (Å²) in [6, 6.07) is 1.82. The summed E-state index contributed by atoms with van der Waals surface area (Å²) in [5.41, 5.74) is 1.58. The number of amides is 1. The molecule has 120 valence electrons. The van der Waals surface area contributed by atoms with E-state index in [2.05, 4.69) is 15.4 Å². The van der Waals surface area contributed by atoms with E-state index < -0.39 is 0 Å². The van der Waals surface area contributed by atoms with Crippen molar-refractivity contribution in [3.05, 3.63) is 30.2 Å². The highest BCUT2D eigenvalue weighted by atomic mass is 16.1. The van der Waals surface area contributed by atoms with Gasteiger partial charge in [0.25, 0.3) is 5.91 Å². The van der Waals surface area contributed by atoms with E-state index in [9.17, 15) is 4.79 Å². The normalized spacial score (nSPS) is 34.9. The molecule has 2 aromatic heterocycles. The van der Waals surface area contributed by atoms with Gasteiger partial charge in [0.2, 0.25) is 0 Å². The first-order valence-corrected chi connectivity index (χ1v) is 8.77. The van der Waals surface area contributed by atoms with Crippen molar-refractivity contribution in [2.45, 2.75) is 38.5 Å². The molecule has 2 heterocycles. The minimum atomic E-state index is -0.0329. The Hall–Kier alpha value is -1.91. The molecule has 1 amide bonds. The molecule has 4 saturated carbocycles. The van der Waals surface area contributed by atoms with E-state index in [1.807, 2.05) is 12.3 Å². The van der Waals surface area contributed by atoms with Crippen LogP contribution in [0.25, 0.3) is 5.65 Å². The van der Waals surface area contributed by atoms with E-state index in [-0.39, 0.29) is 5.91 Å². The molecule has 4 bridgehead atoms. The lowest BCUT2D eigenvalue weighted by Gasteiger charge is -2.56. The Labute approximate surface area is 135 Å². The number of hydrogen-bond donors (Lipinski definition) is 1. The molecule has 0 saturated heterocycles. The van der Waals surface area contributed by atoms with Crippen molar-refractivity contribution < 1.29 is 4.79 Å². The van der Waals surface area contributed by atoms with Crippen LogP contribution in [0.5, 0.6) is 0 Å². The van der Waals surface area contributed by atoms with Gasteiger partial charge >= 0.3 is 0 Å². The van der Waals surface area contributed by atoms with Crippen molar-refractivity contribution in [2.24, 2.45) is 23.2 Å². The molecular formula is C18H22N4O. The zero-order valence-corrected chi connectivity index (χ0v) is 13.2. The second-order valence-corrected chi connectivity index (χ2v) is 8.05. The van der Waals surface area contributed by atoms with Crippen LogP contribution in [0.1, 0.15) is 48.9 Å². The van der Waals surface area contributed by atoms with Gasteiger partial charge in [0.05, 0.1) is 6.20 Å². The minimum Gasteiger partial charge on any atom is -0.351 e. The molecule has 23 heavy (non-hydrogen) atoms. The van der Waals surface area contributed by atoms with Crippen molar-refractivity contribution >= 4 is 11.6 Å². The number of aromatic nitrogens is 3. The molecule has 0 atom stereocenters. The average molecular weight is 310 g/mol. The molecule has 5 heteroatoms. The quantitative estimate of drug-likeness (QED) is 0.948. The summed E-state index contributed by atoms with van der Waals surface area (Å²) in [5.74, 6) is 2.71. The first-order chi connectivity index (χ1) is 11.2.